The summed E-state index contributed by atoms with van der Waals surface area (Å²) in [5, 5.41) is 13.9. The zero-order valence-corrected chi connectivity index (χ0v) is 15.6. The van der Waals surface area contributed by atoms with Gasteiger partial charge >= 0.3 is 0 Å². The Morgan fingerprint density at radius 3 is 2.86 bits per heavy atom. The average Bonchev–Trinajstić information content (AvgIpc) is 3.41. The second kappa shape index (κ2) is 8.08. The number of rotatable bonds is 7. The SMILES string of the molecule is COc1cc2c(cc1CNC(=O)COc1cccc(-n3cnnn3)c1)CCC2. The summed E-state index contributed by atoms with van der Waals surface area (Å²) in [7, 11) is 1.66. The van der Waals surface area contributed by atoms with Crippen LogP contribution in [0.25, 0.3) is 5.69 Å². The van der Waals surface area contributed by atoms with E-state index < -0.39 is 0 Å². The highest BCUT2D eigenvalue weighted by Gasteiger charge is 2.15. The normalized spacial score (nSPS) is 12.5. The highest BCUT2D eigenvalue weighted by molar-refractivity contribution is 5.77. The number of nitrogens with zero attached hydrogens (tertiary/aromatic N) is 4. The lowest BCUT2D eigenvalue weighted by molar-refractivity contribution is -0.123. The lowest BCUT2D eigenvalue weighted by Crippen LogP contribution is -2.28. The lowest BCUT2D eigenvalue weighted by atomic mass is 10.0. The van der Waals surface area contributed by atoms with E-state index in [1.807, 2.05) is 12.1 Å². The van der Waals surface area contributed by atoms with Crippen molar-refractivity contribution in [2.24, 2.45) is 0 Å². The summed E-state index contributed by atoms with van der Waals surface area (Å²) in [6, 6.07) is 11.4. The quantitative estimate of drug-likeness (QED) is 0.674. The van der Waals surface area contributed by atoms with Gasteiger partial charge in [-0.15, -0.1) is 5.10 Å². The number of aryl methyl sites for hydroxylation is 2. The average molecular weight is 379 g/mol. The molecule has 0 aliphatic heterocycles. The van der Waals surface area contributed by atoms with E-state index in [9.17, 15) is 4.79 Å². The molecule has 28 heavy (non-hydrogen) atoms. The monoisotopic (exact) mass is 379 g/mol. The first kappa shape index (κ1) is 18.0. The largest absolute Gasteiger partial charge is 0.496 e. The van der Waals surface area contributed by atoms with Gasteiger partial charge in [-0.2, -0.15) is 0 Å². The zero-order chi connectivity index (χ0) is 19.3. The van der Waals surface area contributed by atoms with E-state index in [1.165, 1.54) is 28.6 Å². The highest BCUT2D eigenvalue weighted by atomic mass is 16.5. The fraction of sp³-hybridized carbons (Fsp3) is 0.300. The fourth-order valence-electron chi connectivity index (χ4n) is 3.37. The van der Waals surface area contributed by atoms with Gasteiger partial charge in [0.15, 0.2) is 6.61 Å². The summed E-state index contributed by atoms with van der Waals surface area (Å²) in [6.07, 6.45) is 4.85. The van der Waals surface area contributed by atoms with Gasteiger partial charge in [0.05, 0.1) is 12.8 Å². The Bertz CT molecular complexity index is 972. The Morgan fingerprint density at radius 1 is 1.21 bits per heavy atom. The number of methoxy groups -OCH3 is 1. The van der Waals surface area contributed by atoms with Gasteiger partial charge in [0.2, 0.25) is 0 Å². The van der Waals surface area contributed by atoms with Crippen molar-refractivity contribution in [1.29, 1.82) is 0 Å². The molecule has 0 atom stereocenters. The maximum absolute atomic E-state index is 12.2. The molecule has 1 aliphatic rings. The van der Waals surface area contributed by atoms with Gasteiger partial charge in [-0.3, -0.25) is 4.79 Å². The third kappa shape index (κ3) is 3.95. The lowest BCUT2D eigenvalue weighted by Gasteiger charge is -2.13. The molecule has 0 unspecified atom stereocenters. The number of tetrazole rings is 1. The minimum atomic E-state index is -0.199. The first-order chi connectivity index (χ1) is 13.7. The Hall–Kier alpha value is -3.42. The van der Waals surface area contributed by atoms with Crippen LogP contribution in [0.3, 0.4) is 0 Å². The van der Waals surface area contributed by atoms with Crippen LogP contribution in [0.4, 0.5) is 0 Å². The van der Waals surface area contributed by atoms with Crippen LogP contribution in [-0.4, -0.2) is 39.8 Å². The Kier molecular flexibility index (Phi) is 5.18. The van der Waals surface area contributed by atoms with Crippen LogP contribution in [0.2, 0.25) is 0 Å². The first-order valence-electron chi connectivity index (χ1n) is 9.14. The van der Waals surface area contributed by atoms with E-state index in [1.54, 1.807) is 19.2 Å². The van der Waals surface area contributed by atoms with Gasteiger partial charge in [0.25, 0.3) is 5.91 Å². The smallest absolute Gasteiger partial charge is 0.258 e. The number of benzene rings is 2. The number of nitrogens with one attached hydrogen (secondary N) is 1. The molecule has 1 amide bonds. The van der Waals surface area contributed by atoms with Crippen LogP contribution in [0.15, 0.2) is 42.7 Å². The van der Waals surface area contributed by atoms with Gasteiger partial charge in [-0.25, -0.2) is 4.68 Å². The van der Waals surface area contributed by atoms with Crippen LogP contribution in [0.5, 0.6) is 11.5 Å². The summed E-state index contributed by atoms with van der Waals surface area (Å²) in [6.45, 7) is 0.329. The third-order valence-corrected chi connectivity index (χ3v) is 4.77. The number of amides is 1. The molecule has 1 N–H and O–H groups in total. The van der Waals surface area contributed by atoms with Crippen LogP contribution >= 0.6 is 0 Å². The zero-order valence-electron chi connectivity index (χ0n) is 15.6. The van der Waals surface area contributed by atoms with Crippen molar-refractivity contribution in [2.45, 2.75) is 25.8 Å². The van der Waals surface area contributed by atoms with Crippen molar-refractivity contribution in [3.05, 3.63) is 59.4 Å². The molecule has 0 saturated carbocycles. The van der Waals surface area contributed by atoms with E-state index in [0.29, 0.717) is 12.3 Å². The minimum Gasteiger partial charge on any atom is -0.496 e. The van der Waals surface area contributed by atoms with Crippen molar-refractivity contribution in [2.75, 3.05) is 13.7 Å². The molecule has 0 bridgehead atoms. The molecular formula is C20H21N5O3. The van der Waals surface area contributed by atoms with E-state index in [0.717, 1.165) is 29.8 Å². The van der Waals surface area contributed by atoms with Crippen molar-refractivity contribution in [3.63, 3.8) is 0 Å². The van der Waals surface area contributed by atoms with Crippen LogP contribution in [0, 0.1) is 0 Å². The Labute approximate surface area is 162 Å². The Morgan fingerprint density at radius 2 is 2.07 bits per heavy atom. The molecule has 8 heteroatoms. The molecule has 1 aliphatic carbocycles. The molecule has 1 aromatic heterocycles. The molecule has 2 aromatic carbocycles. The summed E-state index contributed by atoms with van der Waals surface area (Å²) in [5.74, 6) is 1.18. The van der Waals surface area contributed by atoms with Gasteiger partial charge in [0.1, 0.15) is 17.8 Å². The standard InChI is InChI=1S/C20H21N5O3/c1-27-19-9-15-5-2-4-14(15)8-16(19)11-21-20(26)12-28-18-7-3-6-17(10-18)25-13-22-23-24-25/h3,6-10,13H,2,4-5,11-12H2,1H3,(H,21,26). The number of hydrogen-bond acceptors (Lipinski definition) is 6. The molecule has 0 spiro atoms. The maximum atomic E-state index is 12.2. The molecular weight excluding hydrogens is 358 g/mol. The van der Waals surface area contributed by atoms with Crippen molar-refractivity contribution < 1.29 is 14.3 Å². The van der Waals surface area contributed by atoms with Crippen molar-refractivity contribution in [1.82, 2.24) is 25.5 Å². The minimum absolute atomic E-state index is 0.0771. The highest BCUT2D eigenvalue weighted by Crippen LogP contribution is 2.29. The molecule has 8 nitrogen and oxygen atoms in total. The van der Waals surface area contributed by atoms with Gasteiger partial charge in [-0.1, -0.05) is 12.1 Å². The van der Waals surface area contributed by atoms with E-state index in [4.69, 9.17) is 9.47 Å². The number of ether oxygens (including phenoxy) is 2. The van der Waals surface area contributed by atoms with E-state index in [2.05, 4.69) is 33.0 Å². The topological polar surface area (TPSA) is 91.2 Å². The molecule has 0 fully saturated rings. The fourth-order valence-corrected chi connectivity index (χ4v) is 3.37. The molecule has 0 radical (unpaired) electrons. The molecule has 144 valence electrons. The third-order valence-electron chi connectivity index (χ3n) is 4.77. The number of carbonyl (C=O) groups is 1. The number of fused-ring (bicyclic) bond motifs is 1. The number of hydrogen-bond donors (Lipinski definition) is 1. The van der Waals surface area contributed by atoms with Crippen molar-refractivity contribution in [3.8, 4) is 17.2 Å². The van der Waals surface area contributed by atoms with Gasteiger partial charge < -0.3 is 14.8 Å². The second-order valence-corrected chi connectivity index (χ2v) is 6.60. The number of aromatic nitrogens is 4. The van der Waals surface area contributed by atoms with Crippen LogP contribution in [-0.2, 0) is 24.2 Å². The van der Waals surface area contributed by atoms with Crippen molar-refractivity contribution >= 4 is 5.91 Å². The first-order valence-corrected chi connectivity index (χ1v) is 9.14. The summed E-state index contributed by atoms with van der Waals surface area (Å²) >= 11 is 0. The van der Waals surface area contributed by atoms with Crippen LogP contribution < -0.4 is 14.8 Å². The Balaban J connectivity index is 1.34. The molecule has 4 rings (SSSR count). The van der Waals surface area contributed by atoms with E-state index >= 15 is 0 Å². The molecule has 1 heterocycles. The van der Waals surface area contributed by atoms with Crippen LogP contribution in [0.1, 0.15) is 23.1 Å². The van der Waals surface area contributed by atoms with E-state index in [-0.39, 0.29) is 12.5 Å². The second-order valence-electron chi connectivity index (χ2n) is 6.60. The summed E-state index contributed by atoms with van der Waals surface area (Å²) < 4.78 is 12.6. The van der Waals surface area contributed by atoms with Gasteiger partial charge in [0, 0.05) is 18.2 Å². The summed E-state index contributed by atoms with van der Waals surface area (Å²) in [4.78, 5) is 12.2. The predicted octanol–water partition coefficient (Wildman–Crippen LogP) is 1.85. The maximum Gasteiger partial charge on any atom is 0.258 e. The molecule has 0 saturated heterocycles. The molecule has 3 aromatic rings. The number of carbonyl (C=O) groups excluding carboxylic acids is 1. The predicted molar refractivity (Wildman–Crippen MR) is 102 cm³/mol. The van der Waals surface area contributed by atoms with Gasteiger partial charge in [-0.05, 0) is 59.0 Å². The summed E-state index contributed by atoms with van der Waals surface area (Å²) in [5.41, 5.74) is 4.43.